The molecular formula is C16H19NO. The summed E-state index contributed by atoms with van der Waals surface area (Å²) in [4.78, 5) is 0. The molecule has 94 valence electrons. The topological polar surface area (TPSA) is 35.2 Å². The normalized spacial score (nSPS) is 12.2. The average molecular weight is 241 g/mol. The summed E-state index contributed by atoms with van der Waals surface area (Å²) in [5, 5.41) is 0. The van der Waals surface area contributed by atoms with E-state index in [1.54, 1.807) is 0 Å². The molecule has 2 heteroatoms. The molecule has 0 aliphatic carbocycles. The Kier molecular flexibility index (Phi) is 3.68. The summed E-state index contributed by atoms with van der Waals surface area (Å²) in [7, 11) is 0. The van der Waals surface area contributed by atoms with Crippen LogP contribution in [0, 0.1) is 13.8 Å². The highest BCUT2D eigenvalue weighted by Crippen LogP contribution is 2.26. The van der Waals surface area contributed by atoms with E-state index in [1.165, 1.54) is 5.56 Å². The van der Waals surface area contributed by atoms with Crippen molar-refractivity contribution in [3.05, 3.63) is 59.2 Å². The van der Waals surface area contributed by atoms with Crippen molar-refractivity contribution < 1.29 is 4.74 Å². The van der Waals surface area contributed by atoms with E-state index in [2.05, 4.69) is 26.0 Å². The molecule has 0 amide bonds. The first kappa shape index (κ1) is 12.7. The van der Waals surface area contributed by atoms with Crippen LogP contribution >= 0.6 is 0 Å². The van der Waals surface area contributed by atoms with Crippen molar-refractivity contribution in [1.29, 1.82) is 0 Å². The third-order valence-corrected chi connectivity index (χ3v) is 2.96. The number of hydrogen-bond acceptors (Lipinski definition) is 2. The molecule has 2 aromatic carbocycles. The van der Waals surface area contributed by atoms with Crippen LogP contribution in [0.25, 0.3) is 0 Å². The first-order valence-electron chi connectivity index (χ1n) is 6.17. The van der Waals surface area contributed by atoms with Crippen LogP contribution < -0.4 is 10.5 Å². The lowest BCUT2D eigenvalue weighted by Crippen LogP contribution is -2.04. The largest absolute Gasteiger partial charge is 0.457 e. The van der Waals surface area contributed by atoms with Crippen LogP contribution in [0.4, 0.5) is 0 Å². The standard InChI is InChI=1S/C16H19NO/c1-11-4-9-16(12(2)10-11)18-15-7-5-14(6-8-15)13(3)17/h4-10,13H,17H2,1-3H3. The van der Waals surface area contributed by atoms with Gasteiger partial charge >= 0.3 is 0 Å². The van der Waals surface area contributed by atoms with Gasteiger partial charge in [0, 0.05) is 6.04 Å². The summed E-state index contributed by atoms with van der Waals surface area (Å²) in [6, 6.07) is 14.2. The highest BCUT2D eigenvalue weighted by atomic mass is 16.5. The van der Waals surface area contributed by atoms with Crippen LogP contribution in [-0.2, 0) is 0 Å². The van der Waals surface area contributed by atoms with E-state index in [9.17, 15) is 0 Å². The van der Waals surface area contributed by atoms with Gasteiger partial charge in [0.15, 0.2) is 0 Å². The fourth-order valence-corrected chi connectivity index (χ4v) is 1.88. The van der Waals surface area contributed by atoms with Crippen molar-refractivity contribution in [1.82, 2.24) is 0 Å². The number of benzene rings is 2. The third-order valence-electron chi connectivity index (χ3n) is 2.96. The number of hydrogen-bond donors (Lipinski definition) is 1. The van der Waals surface area contributed by atoms with E-state index in [0.717, 1.165) is 22.6 Å². The van der Waals surface area contributed by atoms with Crippen LogP contribution in [0.2, 0.25) is 0 Å². The zero-order chi connectivity index (χ0) is 13.1. The summed E-state index contributed by atoms with van der Waals surface area (Å²) in [5.41, 5.74) is 9.32. The summed E-state index contributed by atoms with van der Waals surface area (Å²) >= 11 is 0. The van der Waals surface area contributed by atoms with Crippen molar-refractivity contribution in [3.63, 3.8) is 0 Å². The van der Waals surface area contributed by atoms with Crippen molar-refractivity contribution in [2.45, 2.75) is 26.8 Å². The maximum atomic E-state index is 5.86. The van der Waals surface area contributed by atoms with E-state index in [0.29, 0.717) is 0 Å². The molecule has 0 heterocycles. The molecule has 18 heavy (non-hydrogen) atoms. The lowest BCUT2D eigenvalue weighted by atomic mass is 10.1. The van der Waals surface area contributed by atoms with Gasteiger partial charge in [-0.2, -0.15) is 0 Å². The van der Waals surface area contributed by atoms with Crippen LogP contribution in [0.3, 0.4) is 0 Å². The van der Waals surface area contributed by atoms with E-state index < -0.39 is 0 Å². The smallest absolute Gasteiger partial charge is 0.130 e. The van der Waals surface area contributed by atoms with Gasteiger partial charge in [0.25, 0.3) is 0 Å². The molecule has 0 aliphatic heterocycles. The Hall–Kier alpha value is -1.80. The fourth-order valence-electron chi connectivity index (χ4n) is 1.88. The van der Waals surface area contributed by atoms with Crippen LogP contribution in [0.5, 0.6) is 11.5 Å². The molecule has 2 aromatic rings. The van der Waals surface area contributed by atoms with E-state index in [4.69, 9.17) is 10.5 Å². The van der Waals surface area contributed by atoms with E-state index >= 15 is 0 Å². The Labute approximate surface area is 108 Å². The van der Waals surface area contributed by atoms with Gasteiger partial charge in [-0.15, -0.1) is 0 Å². The van der Waals surface area contributed by atoms with E-state index in [-0.39, 0.29) is 6.04 Å². The lowest BCUT2D eigenvalue weighted by molar-refractivity contribution is 0.478. The van der Waals surface area contributed by atoms with Gasteiger partial charge < -0.3 is 10.5 Å². The number of aryl methyl sites for hydroxylation is 2. The fraction of sp³-hybridized carbons (Fsp3) is 0.250. The van der Waals surface area contributed by atoms with Gasteiger partial charge in [-0.05, 0) is 50.1 Å². The molecule has 0 fully saturated rings. The molecule has 0 radical (unpaired) electrons. The lowest BCUT2D eigenvalue weighted by Gasteiger charge is -2.11. The Balaban J connectivity index is 2.18. The number of nitrogens with two attached hydrogens (primary N) is 1. The minimum absolute atomic E-state index is 0.0557. The molecule has 0 aliphatic rings. The zero-order valence-electron chi connectivity index (χ0n) is 11.1. The van der Waals surface area contributed by atoms with Crippen molar-refractivity contribution >= 4 is 0 Å². The second kappa shape index (κ2) is 5.23. The van der Waals surface area contributed by atoms with Crippen LogP contribution in [-0.4, -0.2) is 0 Å². The van der Waals surface area contributed by atoms with E-state index in [1.807, 2.05) is 37.3 Å². The molecule has 0 saturated carbocycles. The highest BCUT2D eigenvalue weighted by molar-refractivity contribution is 5.40. The average Bonchev–Trinajstić information content (AvgIpc) is 2.33. The second-order valence-electron chi connectivity index (χ2n) is 4.73. The molecule has 2 rings (SSSR count). The van der Waals surface area contributed by atoms with Gasteiger partial charge in [0.05, 0.1) is 0 Å². The highest BCUT2D eigenvalue weighted by Gasteiger charge is 2.03. The predicted octanol–water partition coefficient (Wildman–Crippen LogP) is 4.12. The molecule has 1 atom stereocenters. The summed E-state index contributed by atoms with van der Waals surface area (Å²) in [6.45, 7) is 6.10. The Morgan fingerprint density at radius 1 is 1.00 bits per heavy atom. The number of ether oxygens (including phenoxy) is 1. The van der Waals surface area contributed by atoms with Crippen molar-refractivity contribution in [2.75, 3.05) is 0 Å². The molecule has 1 unspecified atom stereocenters. The quantitative estimate of drug-likeness (QED) is 0.877. The molecule has 0 saturated heterocycles. The van der Waals surface area contributed by atoms with Gasteiger partial charge in [-0.1, -0.05) is 29.8 Å². The minimum Gasteiger partial charge on any atom is -0.457 e. The zero-order valence-corrected chi connectivity index (χ0v) is 11.1. The third kappa shape index (κ3) is 2.90. The molecule has 2 nitrogen and oxygen atoms in total. The molecule has 0 aromatic heterocycles. The Bertz CT molecular complexity index is 529. The van der Waals surface area contributed by atoms with Crippen molar-refractivity contribution in [2.24, 2.45) is 5.73 Å². The first-order valence-corrected chi connectivity index (χ1v) is 6.17. The molecule has 0 bridgehead atoms. The Morgan fingerprint density at radius 2 is 1.67 bits per heavy atom. The Morgan fingerprint density at radius 3 is 2.22 bits per heavy atom. The van der Waals surface area contributed by atoms with Crippen LogP contribution in [0.1, 0.15) is 29.7 Å². The monoisotopic (exact) mass is 241 g/mol. The second-order valence-corrected chi connectivity index (χ2v) is 4.73. The summed E-state index contributed by atoms with van der Waals surface area (Å²) < 4.78 is 5.86. The molecule has 2 N–H and O–H groups in total. The predicted molar refractivity (Wildman–Crippen MR) is 75.0 cm³/mol. The van der Waals surface area contributed by atoms with Crippen LogP contribution in [0.15, 0.2) is 42.5 Å². The molecule has 0 spiro atoms. The summed E-state index contributed by atoms with van der Waals surface area (Å²) in [5.74, 6) is 1.74. The van der Waals surface area contributed by atoms with Gasteiger partial charge in [0.1, 0.15) is 11.5 Å². The first-order chi connectivity index (χ1) is 8.56. The number of rotatable bonds is 3. The van der Waals surface area contributed by atoms with Gasteiger partial charge in [-0.25, -0.2) is 0 Å². The van der Waals surface area contributed by atoms with Gasteiger partial charge in [-0.3, -0.25) is 0 Å². The minimum atomic E-state index is 0.0557. The maximum absolute atomic E-state index is 5.86. The SMILES string of the molecule is Cc1ccc(Oc2ccc(C(C)N)cc2)c(C)c1. The van der Waals surface area contributed by atoms with Gasteiger partial charge in [0.2, 0.25) is 0 Å². The molecular weight excluding hydrogens is 222 g/mol. The maximum Gasteiger partial charge on any atom is 0.130 e. The van der Waals surface area contributed by atoms with Crippen molar-refractivity contribution in [3.8, 4) is 11.5 Å². The summed E-state index contributed by atoms with van der Waals surface area (Å²) in [6.07, 6.45) is 0.